The van der Waals surface area contributed by atoms with Crippen LogP contribution >= 0.6 is 0 Å². The largest absolute Gasteiger partial charge is 0.454 e. The van der Waals surface area contributed by atoms with Gasteiger partial charge in [-0.25, -0.2) is 4.79 Å². The summed E-state index contributed by atoms with van der Waals surface area (Å²) in [6, 6.07) is 8.48. The van der Waals surface area contributed by atoms with E-state index in [1.54, 1.807) is 42.2 Å². The second kappa shape index (κ2) is 8.21. The van der Waals surface area contributed by atoms with Gasteiger partial charge >= 0.3 is 6.09 Å². The summed E-state index contributed by atoms with van der Waals surface area (Å²) in [5.74, 6) is 1.89. The fourth-order valence-electron chi connectivity index (χ4n) is 3.12. The molecule has 0 aliphatic carbocycles. The zero-order valence-electron chi connectivity index (χ0n) is 16.0. The lowest BCUT2D eigenvalue weighted by molar-refractivity contribution is 0.102. The number of piperazine rings is 1. The molecular weight excluding hydrogens is 378 g/mol. The number of anilines is 2. The molecule has 29 heavy (non-hydrogen) atoms. The summed E-state index contributed by atoms with van der Waals surface area (Å²) >= 11 is 0. The summed E-state index contributed by atoms with van der Waals surface area (Å²) in [6.07, 6.45) is -0.292. The first kappa shape index (κ1) is 18.8. The van der Waals surface area contributed by atoms with Crippen molar-refractivity contribution in [2.45, 2.75) is 6.92 Å². The maximum Gasteiger partial charge on any atom is 0.409 e. The molecule has 2 aromatic rings. The minimum atomic E-state index is -0.312. The van der Waals surface area contributed by atoms with Gasteiger partial charge in [-0.05, 0) is 37.3 Å². The van der Waals surface area contributed by atoms with Crippen LogP contribution in [0.1, 0.15) is 17.3 Å². The van der Waals surface area contributed by atoms with E-state index in [1.165, 1.54) is 0 Å². The van der Waals surface area contributed by atoms with Gasteiger partial charge in [0.15, 0.2) is 23.1 Å². The van der Waals surface area contributed by atoms with Crippen LogP contribution in [0.2, 0.25) is 0 Å². The molecule has 4 rings (SSSR count). The molecule has 0 unspecified atom stereocenters. The van der Waals surface area contributed by atoms with Crippen LogP contribution < -0.4 is 19.7 Å². The first-order chi connectivity index (χ1) is 14.1. The number of aromatic nitrogens is 2. The first-order valence-corrected chi connectivity index (χ1v) is 9.35. The molecule has 0 radical (unpaired) electrons. The van der Waals surface area contributed by atoms with E-state index in [0.717, 1.165) is 0 Å². The third-order valence-electron chi connectivity index (χ3n) is 4.66. The van der Waals surface area contributed by atoms with Gasteiger partial charge in [0, 0.05) is 31.7 Å². The van der Waals surface area contributed by atoms with E-state index >= 15 is 0 Å². The number of amides is 2. The normalized spacial score (nSPS) is 15.2. The Morgan fingerprint density at radius 2 is 1.86 bits per heavy atom. The SMILES string of the molecule is CCOC(=O)N1CCN(c2ccc(NC(=O)c3ccc4c(c3)OCO4)nn2)CC1. The van der Waals surface area contributed by atoms with Gasteiger partial charge in [-0.2, -0.15) is 0 Å². The number of nitrogens with one attached hydrogen (secondary N) is 1. The van der Waals surface area contributed by atoms with Crippen LogP contribution in [0.25, 0.3) is 0 Å². The predicted molar refractivity (Wildman–Crippen MR) is 103 cm³/mol. The third-order valence-corrected chi connectivity index (χ3v) is 4.66. The minimum absolute atomic E-state index is 0.154. The molecule has 1 N–H and O–H groups in total. The Kier molecular flexibility index (Phi) is 5.32. The fraction of sp³-hybridized carbons (Fsp3) is 0.368. The van der Waals surface area contributed by atoms with E-state index in [4.69, 9.17) is 14.2 Å². The van der Waals surface area contributed by atoms with E-state index in [-0.39, 0.29) is 18.8 Å². The van der Waals surface area contributed by atoms with Crippen molar-refractivity contribution in [1.82, 2.24) is 15.1 Å². The Bertz CT molecular complexity index is 896. The van der Waals surface area contributed by atoms with E-state index in [9.17, 15) is 9.59 Å². The highest BCUT2D eigenvalue weighted by Crippen LogP contribution is 2.32. The summed E-state index contributed by atoms with van der Waals surface area (Å²) in [5.41, 5.74) is 0.440. The summed E-state index contributed by atoms with van der Waals surface area (Å²) in [4.78, 5) is 27.9. The smallest absolute Gasteiger partial charge is 0.409 e. The van der Waals surface area contributed by atoms with Crippen molar-refractivity contribution in [3.63, 3.8) is 0 Å². The third kappa shape index (κ3) is 4.15. The van der Waals surface area contributed by atoms with Gasteiger partial charge in [-0.15, -0.1) is 10.2 Å². The lowest BCUT2D eigenvalue weighted by atomic mass is 10.2. The van der Waals surface area contributed by atoms with Crippen LogP contribution in [-0.4, -0.2) is 66.7 Å². The molecular formula is C19H21N5O5. The van der Waals surface area contributed by atoms with Crippen LogP contribution in [0.4, 0.5) is 16.4 Å². The van der Waals surface area contributed by atoms with Crippen LogP contribution in [0.15, 0.2) is 30.3 Å². The highest BCUT2D eigenvalue weighted by atomic mass is 16.7. The summed E-state index contributed by atoms with van der Waals surface area (Å²) < 4.78 is 15.6. The maximum absolute atomic E-state index is 12.4. The predicted octanol–water partition coefficient (Wildman–Crippen LogP) is 1.74. The molecule has 1 aromatic heterocycles. The molecule has 1 aromatic carbocycles. The summed E-state index contributed by atoms with van der Waals surface area (Å²) in [6.45, 7) is 4.70. The lowest BCUT2D eigenvalue weighted by Gasteiger charge is -2.34. The van der Waals surface area contributed by atoms with Crippen molar-refractivity contribution in [3.8, 4) is 11.5 Å². The standard InChI is InChI=1S/C19H21N5O5/c1-2-27-19(26)24-9-7-23(8-10-24)17-6-5-16(21-22-17)20-18(25)13-3-4-14-15(11-13)29-12-28-14/h3-6,11H,2,7-10,12H2,1H3,(H,20,21,25). The number of ether oxygens (including phenoxy) is 3. The first-order valence-electron chi connectivity index (χ1n) is 9.35. The molecule has 2 amide bonds. The second-order valence-electron chi connectivity index (χ2n) is 6.47. The van der Waals surface area contributed by atoms with E-state index < -0.39 is 0 Å². The highest BCUT2D eigenvalue weighted by molar-refractivity contribution is 6.04. The molecule has 0 bridgehead atoms. The minimum Gasteiger partial charge on any atom is -0.454 e. The molecule has 0 spiro atoms. The maximum atomic E-state index is 12.4. The second-order valence-corrected chi connectivity index (χ2v) is 6.47. The monoisotopic (exact) mass is 399 g/mol. The zero-order valence-corrected chi connectivity index (χ0v) is 16.0. The quantitative estimate of drug-likeness (QED) is 0.829. The molecule has 1 saturated heterocycles. The zero-order chi connectivity index (χ0) is 20.2. The number of rotatable bonds is 4. The van der Waals surface area contributed by atoms with Gasteiger partial charge in [0.05, 0.1) is 6.61 Å². The molecule has 2 aliphatic rings. The van der Waals surface area contributed by atoms with E-state index in [1.807, 2.05) is 4.90 Å². The van der Waals surface area contributed by atoms with Crippen molar-refractivity contribution >= 4 is 23.6 Å². The fourth-order valence-corrected chi connectivity index (χ4v) is 3.12. The van der Waals surface area contributed by atoms with Crippen molar-refractivity contribution in [2.75, 3.05) is 49.8 Å². The average Bonchev–Trinajstić information content (AvgIpc) is 3.22. The molecule has 2 aliphatic heterocycles. The number of fused-ring (bicyclic) bond motifs is 1. The van der Waals surface area contributed by atoms with Crippen LogP contribution in [0.3, 0.4) is 0 Å². The number of hydrogen-bond acceptors (Lipinski definition) is 8. The molecule has 10 nitrogen and oxygen atoms in total. The van der Waals surface area contributed by atoms with Gasteiger partial charge in [0.1, 0.15) is 0 Å². The number of benzene rings is 1. The molecule has 10 heteroatoms. The number of carbonyl (C=O) groups is 2. The van der Waals surface area contributed by atoms with Crippen LogP contribution in [0, 0.1) is 0 Å². The highest BCUT2D eigenvalue weighted by Gasteiger charge is 2.23. The Labute approximate surface area is 167 Å². The van der Waals surface area contributed by atoms with Crippen LogP contribution in [0.5, 0.6) is 11.5 Å². The molecule has 152 valence electrons. The van der Waals surface area contributed by atoms with E-state index in [2.05, 4.69) is 15.5 Å². The Hall–Kier alpha value is -3.56. The Morgan fingerprint density at radius 3 is 2.59 bits per heavy atom. The van der Waals surface area contributed by atoms with Crippen molar-refractivity contribution < 1.29 is 23.8 Å². The van der Waals surface area contributed by atoms with Crippen molar-refractivity contribution in [3.05, 3.63) is 35.9 Å². The lowest BCUT2D eigenvalue weighted by Crippen LogP contribution is -2.49. The van der Waals surface area contributed by atoms with Crippen molar-refractivity contribution in [1.29, 1.82) is 0 Å². The summed E-state index contributed by atoms with van der Waals surface area (Å²) in [5, 5.41) is 11.0. The van der Waals surface area contributed by atoms with Gasteiger partial charge in [-0.1, -0.05) is 0 Å². The Balaban J connectivity index is 1.34. The van der Waals surface area contributed by atoms with Crippen LogP contribution in [-0.2, 0) is 4.74 Å². The molecule has 0 saturated carbocycles. The van der Waals surface area contributed by atoms with Crippen molar-refractivity contribution in [2.24, 2.45) is 0 Å². The molecule has 0 atom stereocenters. The van der Waals surface area contributed by atoms with Gasteiger partial charge in [0.2, 0.25) is 6.79 Å². The topological polar surface area (TPSA) is 106 Å². The Morgan fingerprint density at radius 1 is 1.07 bits per heavy atom. The van der Waals surface area contributed by atoms with Gasteiger partial charge in [-0.3, -0.25) is 4.79 Å². The number of hydrogen-bond donors (Lipinski definition) is 1. The number of nitrogens with zero attached hydrogens (tertiary/aromatic N) is 4. The number of carbonyl (C=O) groups excluding carboxylic acids is 2. The molecule has 3 heterocycles. The molecule has 1 fully saturated rings. The average molecular weight is 399 g/mol. The summed E-state index contributed by atoms with van der Waals surface area (Å²) in [7, 11) is 0. The van der Waals surface area contributed by atoms with Gasteiger partial charge < -0.3 is 29.3 Å². The van der Waals surface area contributed by atoms with Gasteiger partial charge in [0.25, 0.3) is 5.91 Å². The van der Waals surface area contributed by atoms with E-state index in [0.29, 0.717) is 61.5 Å².